The minimum absolute atomic E-state index is 0.0908. The summed E-state index contributed by atoms with van der Waals surface area (Å²) in [5, 5.41) is 24.1. The topological polar surface area (TPSA) is 94.1 Å². The molecule has 0 saturated carbocycles. The summed E-state index contributed by atoms with van der Waals surface area (Å²) in [5.41, 5.74) is 0.602. The Labute approximate surface area is 96.5 Å². The molecule has 7 nitrogen and oxygen atoms in total. The van der Waals surface area contributed by atoms with Crippen molar-refractivity contribution in [1.29, 1.82) is 0 Å². The van der Waals surface area contributed by atoms with Crippen LogP contribution in [0.15, 0.2) is 36.9 Å². The van der Waals surface area contributed by atoms with Crippen LogP contribution in [-0.4, -0.2) is 24.8 Å². The number of aromatic nitrogens is 3. The summed E-state index contributed by atoms with van der Waals surface area (Å²) < 4.78 is 1.34. The van der Waals surface area contributed by atoms with Crippen molar-refractivity contribution in [3.63, 3.8) is 0 Å². The van der Waals surface area contributed by atoms with E-state index in [1.165, 1.54) is 10.9 Å². The lowest BCUT2D eigenvalue weighted by Gasteiger charge is -2.09. The Morgan fingerprint density at radius 1 is 1.47 bits per heavy atom. The van der Waals surface area contributed by atoms with E-state index in [9.17, 15) is 15.2 Å². The summed E-state index contributed by atoms with van der Waals surface area (Å²) in [7, 11) is 0. The molecule has 1 atom stereocenters. The molecule has 1 N–H and O–H groups in total. The highest BCUT2D eigenvalue weighted by molar-refractivity contribution is 5.21. The predicted octanol–water partition coefficient (Wildman–Crippen LogP) is 0.920. The summed E-state index contributed by atoms with van der Waals surface area (Å²) in [5.74, 6) is 0. The smallest absolute Gasteiger partial charge is 0.306 e. The fraction of sp³-hybridized carbons (Fsp3) is 0.200. The first-order chi connectivity index (χ1) is 8.16. The number of rotatable bonds is 4. The minimum Gasteiger partial charge on any atom is -0.386 e. The molecule has 0 saturated heterocycles. The molecule has 0 aromatic carbocycles. The highest BCUT2D eigenvalue weighted by Crippen LogP contribution is 2.15. The summed E-state index contributed by atoms with van der Waals surface area (Å²) >= 11 is 0. The Kier molecular flexibility index (Phi) is 3.10. The van der Waals surface area contributed by atoms with Crippen LogP contribution in [0.4, 0.5) is 5.69 Å². The molecule has 0 spiro atoms. The van der Waals surface area contributed by atoms with Crippen molar-refractivity contribution in [3.05, 3.63) is 52.6 Å². The maximum Gasteiger partial charge on any atom is 0.306 e. The average Bonchev–Trinajstić information content (AvgIpc) is 2.79. The number of hydrogen-bond acceptors (Lipinski definition) is 5. The van der Waals surface area contributed by atoms with Crippen LogP contribution in [-0.2, 0) is 6.54 Å². The van der Waals surface area contributed by atoms with Crippen LogP contribution >= 0.6 is 0 Å². The second-order valence-electron chi connectivity index (χ2n) is 3.47. The SMILES string of the molecule is O=[N+]([O-])c1cnn(C[C@@H](O)c2ccncc2)c1. The van der Waals surface area contributed by atoms with Gasteiger partial charge in [0.1, 0.15) is 12.4 Å². The van der Waals surface area contributed by atoms with Crippen molar-refractivity contribution in [1.82, 2.24) is 14.8 Å². The van der Waals surface area contributed by atoms with Gasteiger partial charge in [-0.2, -0.15) is 5.10 Å². The molecule has 0 unspecified atom stereocenters. The summed E-state index contributed by atoms with van der Waals surface area (Å²) in [6.45, 7) is 0.165. The molecule has 0 bridgehead atoms. The Bertz CT molecular complexity index is 511. The summed E-state index contributed by atoms with van der Waals surface area (Å²) in [6.07, 6.45) is 4.82. The Morgan fingerprint density at radius 3 is 2.76 bits per heavy atom. The molecule has 7 heteroatoms. The molecule has 0 aliphatic carbocycles. The molecule has 0 fully saturated rings. The Morgan fingerprint density at radius 2 is 2.18 bits per heavy atom. The van der Waals surface area contributed by atoms with Crippen molar-refractivity contribution in [2.24, 2.45) is 0 Å². The van der Waals surface area contributed by atoms with Crippen LogP contribution in [0.25, 0.3) is 0 Å². The first kappa shape index (κ1) is 11.2. The van der Waals surface area contributed by atoms with Crippen molar-refractivity contribution >= 4 is 5.69 Å². The number of pyridine rings is 1. The molecule has 0 radical (unpaired) electrons. The third-order valence-electron chi connectivity index (χ3n) is 2.28. The lowest BCUT2D eigenvalue weighted by Crippen LogP contribution is -2.09. The van der Waals surface area contributed by atoms with Gasteiger partial charge in [-0.1, -0.05) is 0 Å². The van der Waals surface area contributed by atoms with E-state index in [4.69, 9.17) is 0 Å². The van der Waals surface area contributed by atoms with E-state index in [2.05, 4.69) is 10.1 Å². The van der Waals surface area contributed by atoms with Gasteiger partial charge in [-0.05, 0) is 17.7 Å². The fourth-order valence-electron chi connectivity index (χ4n) is 1.41. The molecule has 88 valence electrons. The lowest BCUT2D eigenvalue weighted by atomic mass is 10.1. The molecular formula is C10H10N4O3. The molecule has 2 heterocycles. The number of hydrogen-bond donors (Lipinski definition) is 1. The summed E-state index contributed by atoms with van der Waals surface area (Å²) in [4.78, 5) is 13.8. The third-order valence-corrected chi connectivity index (χ3v) is 2.28. The van der Waals surface area contributed by atoms with E-state index in [1.54, 1.807) is 24.5 Å². The van der Waals surface area contributed by atoms with Crippen LogP contribution in [0.5, 0.6) is 0 Å². The van der Waals surface area contributed by atoms with Crippen LogP contribution in [0.3, 0.4) is 0 Å². The van der Waals surface area contributed by atoms with E-state index in [1.807, 2.05) is 0 Å². The summed E-state index contributed by atoms with van der Waals surface area (Å²) in [6, 6.07) is 3.37. The van der Waals surface area contributed by atoms with Gasteiger partial charge in [0.25, 0.3) is 0 Å². The van der Waals surface area contributed by atoms with E-state index in [0.29, 0.717) is 5.56 Å². The second-order valence-corrected chi connectivity index (χ2v) is 3.47. The van der Waals surface area contributed by atoms with E-state index in [0.717, 1.165) is 6.20 Å². The predicted molar refractivity (Wildman–Crippen MR) is 58.1 cm³/mol. The van der Waals surface area contributed by atoms with Gasteiger partial charge in [-0.15, -0.1) is 0 Å². The van der Waals surface area contributed by atoms with Gasteiger partial charge in [0, 0.05) is 12.4 Å². The van der Waals surface area contributed by atoms with E-state index in [-0.39, 0.29) is 12.2 Å². The highest BCUT2D eigenvalue weighted by atomic mass is 16.6. The number of nitrogens with zero attached hydrogens (tertiary/aromatic N) is 4. The van der Waals surface area contributed by atoms with Gasteiger partial charge in [0.05, 0.1) is 17.6 Å². The fourth-order valence-corrected chi connectivity index (χ4v) is 1.41. The van der Waals surface area contributed by atoms with Crippen molar-refractivity contribution in [2.75, 3.05) is 0 Å². The van der Waals surface area contributed by atoms with Crippen LogP contribution in [0, 0.1) is 10.1 Å². The first-order valence-electron chi connectivity index (χ1n) is 4.91. The normalized spacial score (nSPS) is 12.3. The second kappa shape index (κ2) is 4.71. The minimum atomic E-state index is -0.766. The zero-order chi connectivity index (χ0) is 12.3. The van der Waals surface area contributed by atoms with E-state index < -0.39 is 11.0 Å². The number of aliphatic hydroxyl groups is 1. The van der Waals surface area contributed by atoms with Crippen LogP contribution < -0.4 is 0 Å². The molecule has 0 aliphatic heterocycles. The highest BCUT2D eigenvalue weighted by Gasteiger charge is 2.12. The lowest BCUT2D eigenvalue weighted by molar-refractivity contribution is -0.385. The van der Waals surface area contributed by atoms with Gasteiger partial charge in [0.15, 0.2) is 0 Å². The quantitative estimate of drug-likeness (QED) is 0.627. The number of aliphatic hydroxyl groups excluding tert-OH is 1. The van der Waals surface area contributed by atoms with Gasteiger partial charge in [0.2, 0.25) is 0 Å². The van der Waals surface area contributed by atoms with E-state index >= 15 is 0 Å². The van der Waals surface area contributed by atoms with Gasteiger partial charge in [-0.3, -0.25) is 19.8 Å². The standard InChI is InChI=1S/C10H10N4O3/c15-10(8-1-3-11-4-2-8)7-13-6-9(5-12-13)14(16)17/h1-6,10,15H,7H2/t10-/m1/s1. The maximum atomic E-state index is 10.5. The largest absolute Gasteiger partial charge is 0.386 e. The maximum absolute atomic E-state index is 10.5. The van der Waals surface area contributed by atoms with Crippen molar-refractivity contribution < 1.29 is 10.0 Å². The van der Waals surface area contributed by atoms with Gasteiger partial charge >= 0.3 is 5.69 Å². The Balaban J connectivity index is 2.08. The zero-order valence-electron chi connectivity index (χ0n) is 8.80. The molecule has 0 aliphatic rings. The number of nitro groups is 1. The average molecular weight is 234 g/mol. The monoisotopic (exact) mass is 234 g/mol. The van der Waals surface area contributed by atoms with Crippen molar-refractivity contribution in [3.8, 4) is 0 Å². The van der Waals surface area contributed by atoms with Crippen LogP contribution in [0.1, 0.15) is 11.7 Å². The molecular weight excluding hydrogens is 224 g/mol. The van der Waals surface area contributed by atoms with Crippen molar-refractivity contribution in [2.45, 2.75) is 12.6 Å². The molecule has 2 rings (SSSR count). The molecule has 0 amide bonds. The van der Waals surface area contributed by atoms with Crippen LogP contribution in [0.2, 0.25) is 0 Å². The van der Waals surface area contributed by atoms with Gasteiger partial charge < -0.3 is 5.11 Å². The zero-order valence-corrected chi connectivity index (χ0v) is 8.80. The van der Waals surface area contributed by atoms with Gasteiger partial charge in [-0.25, -0.2) is 0 Å². The first-order valence-corrected chi connectivity index (χ1v) is 4.91. The molecule has 2 aromatic heterocycles. The Hall–Kier alpha value is -2.28. The molecule has 2 aromatic rings. The molecule has 17 heavy (non-hydrogen) atoms. The third kappa shape index (κ3) is 2.64.